The minimum Gasteiger partial charge on any atom is -0.381 e. The zero-order valence-electron chi connectivity index (χ0n) is 10.2. The maximum atomic E-state index is 12.2. The van der Waals surface area contributed by atoms with Gasteiger partial charge in [-0.3, -0.25) is 4.79 Å². The summed E-state index contributed by atoms with van der Waals surface area (Å²) < 4.78 is 10.8. The first kappa shape index (κ1) is 13.3. The van der Waals surface area contributed by atoms with Crippen molar-refractivity contribution in [3.8, 4) is 0 Å². The third-order valence-corrected chi connectivity index (χ3v) is 4.88. The number of ether oxygens (including phenoxy) is 2. The molecule has 2 atom stereocenters. The van der Waals surface area contributed by atoms with Crippen molar-refractivity contribution < 1.29 is 14.3 Å². The Labute approximate surface area is 111 Å². The largest absolute Gasteiger partial charge is 0.381 e. The van der Waals surface area contributed by atoms with Crippen molar-refractivity contribution in [2.24, 2.45) is 5.92 Å². The molecule has 0 aromatic carbocycles. The molecule has 0 spiro atoms. The maximum Gasteiger partial charge on any atom is 0.226 e. The van der Waals surface area contributed by atoms with Crippen molar-refractivity contribution in [2.75, 3.05) is 25.2 Å². The van der Waals surface area contributed by atoms with Gasteiger partial charge in [0, 0.05) is 25.2 Å². The van der Waals surface area contributed by atoms with Gasteiger partial charge in [0.2, 0.25) is 5.91 Å². The van der Waals surface area contributed by atoms with Gasteiger partial charge in [-0.1, -0.05) is 15.9 Å². The molecule has 0 bridgehead atoms. The average molecular weight is 306 g/mol. The highest BCUT2D eigenvalue weighted by Crippen LogP contribution is 2.26. The first-order valence-electron chi connectivity index (χ1n) is 6.24. The monoisotopic (exact) mass is 305 g/mol. The van der Waals surface area contributed by atoms with Crippen LogP contribution >= 0.6 is 15.9 Å². The van der Waals surface area contributed by atoms with Crippen LogP contribution in [0.15, 0.2) is 0 Å². The molecule has 2 aliphatic rings. The quantitative estimate of drug-likeness (QED) is 0.803. The predicted molar refractivity (Wildman–Crippen MR) is 68.2 cm³/mol. The van der Waals surface area contributed by atoms with Gasteiger partial charge in [0.25, 0.3) is 0 Å². The SMILES string of the molecule is CC1OCCC1C(=O)NC1(CBr)CCOCC1. The molecule has 0 saturated carbocycles. The molecular formula is C12H20BrNO3. The summed E-state index contributed by atoms with van der Waals surface area (Å²) in [6.07, 6.45) is 2.64. The molecule has 4 nitrogen and oxygen atoms in total. The number of hydrogen-bond donors (Lipinski definition) is 1. The first-order valence-corrected chi connectivity index (χ1v) is 7.36. The van der Waals surface area contributed by atoms with Crippen molar-refractivity contribution in [3.05, 3.63) is 0 Å². The lowest BCUT2D eigenvalue weighted by molar-refractivity contribution is -0.129. The molecule has 1 N–H and O–H groups in total. The van der Waals surface area contributed by atoms with E-state index in [-0.39, 0.29) is 23.5 Å². The molecule has 0 radical (unpaired) electrons. The minimum absolute atomic E-state index is 0.00812. The van der Waals surface area contributed by atoms with E-state index in [0.717, 1.165) is 37.8 Å². The van der Waals surface area contributed by atoms with Crippen molar-refractivity contribution in [1.29, 1.82) is 0 Å². The Balaban J connectivity index is 1.95. The molecule has 2 fully saturated rings. The van der Waals surface area contributed by atoms with E-state index in [1.54, 1.807) is 0 Å². The summed E-state index contributed by atoms with van der Waals surface area (Å²) in [6.45, 7) is 4.12. The Morgan fingerprint density at radius 1 is 1.41 bits per heavy atom. The van der Waals surface area contributed by atoms with Crippen molar-refractivity contribution >= 4 is 21.8 Å². The van der Waals surface area contributed by atoms with Gasteiger partial charge in [0.05, 0.1) is 17.6 Å². The number of halogens is 1. The van der Waals surface area contributed by atoms with E-state index >= 15 is 0 Å². The number of nitrogens with one attached hydrogen (secondary N) is 1. The number of amides is 1. The number of carbonyl (C=O) groups excluding carboxylic acids is 1. The lowest BCUT2D eigenvalue weighted by Gasteiger charge is -2.37. The summed E-state index contributed by atoms with van der Waals surface area (Å²) in [6, 6.07) is 0. The van der Waals surface area contributed by atoms with E-state index in [0.29, 0.717) is 6.61 Å². The van der Waals surface area contributed by atoms with Crippen molar-refractivity contribution in [3.63, 3.8) is 0 Å². The van der Waals surface area contributed by atoms with E-state index in [1.165, 1.54) is 0 Å². The lowest BCUT2D eigenvalue weighted by atomic mass is 9.90. The molecule has 0 aromatic rings. The molecule has 2 saturated heterocycles. The number of alkyl halides is 1. The normalized spacial score (nSPS) is 32.4. The zero-order valence-corrected chi connectivity index (χ0v) is 11.8. The van der Waals surface area contributed by atoms with Gasteiger partial charge < -0.3 is 14.8 Å². The van der Waals surface area contributed by atoms with Crippen LogP contribution in [-0.4, -0.2) is 42.7 Å². The van der Waals surface area contributed by atoms with Crippen LogP contribution in [0.5, 0.6) is 0 Å². The molecule has 98 valence electrons. The minimum atomic E-state index is -0.127. The highest BCUT2D eigenvalue weighted by Gasteiger charge is 2.38. The van der Waals surface area contributed by atoms with Crippen LogP contribution < -0.4 is 5.32 Å². The fourth-order valence-corrected chi connectivity index (χ4v) is 3.19. The molecule has 17 heavy (non-hydrogen) atoms. The fraction of sp³-hybridized carbons (Fsp3) is 0.917. The van der Waals surface area contributed by atoms with Crippen LogP contribution in [0.25, 0.3) is 0 Å². The van der Waals surface area contributed by atoms with Gasteiger partial charge in [-0.15, -0.1) is 0 Å². The second kappa shape index (κ2) is 5.67. The van der Waals surface area contributed by atoms with Gasteiger partial charge in [0.1, 0.15) is 0 Å². The van der Waals surface area contributed by atoms with Crippen LogP contribution in [0.4, 0.5) is 0 Å². The first-order chi connectivity index (χ1) is 8.17. The topological polar surface area (TPSA) is 47.6 Å². The molecule has 2 aliphatic heterocycles. The Morgan fingerprint density at radius 3 is 2.65 bits per heavy atom. The molecule has 2 unspecified atom stereocenters. The summed E-state index contributed by atoms with van der Waals surface area (Å²) in [5, 5.41) is 4.00. The summed E-state index contributed by atoms with van der Waals surface area (Å²) in [5.41, 5.74) is -0.127. The Bertz CT molecular complexity index is 279. The van der Waals surface area contributed by atoms with Crippen molar-refractivity contribution in [1.82, 2.24) is 5.32 Å². The van der Waals surface area contributed by atoms with Crippen LogP contribution in [-0.2, 0) is 14.3 Å². The number of hydrogen-bond acceptors (Lipinski definition) is 3. The molecule has 0 aromatic heterocycles. The van der Waals surface area contributed by atoms with E-state index in [2.05, 4.69) is 21.2 Å². The third-order valence-electron chi connectivity index (χ3n) is 3.81. The highest BCUT2D eigenvalue weighted by molar-refractivity contribution is 9.09. The standard InChI is InChI=1S/C12H20BrNO3/c1-9-10(2-5-17-9)11(15)14-12(8-13)3-6-16-7-4-12/h9-10H,2-8H2,1H3,(H,14,15). The fourth-order valence-electron chi connectivity index (χ4n) is 2.48. The second-order valence-corrected chi connectivity index (χ2v) is 5.55. The summed E-state index contributed by atoms with van der Waals surface area (Å²) in [5.74, 6) is 0.144. The summed E-state index contributed by atoms with van der Waals surface area (Å²) >= 11 is 3.52. The number of carbonyl (C=O) groups is 1. The summed E-state index contributed by atoms with van der Waals surface area (Å²) in [7, 11) is 0. The van der Waals surface area contributed by atoms with Gasteiger partial charge >= 0.3 is 0 Å². The maximum absolute atomic E-state index is 12.2. The Kier molecular flexibility index (Phi) is 4.44. The van der Waals surface area contributed by atoms with E-state index in [9.17, 15) is 4.79 Å². The van der Waals surface area contributed by atoms with Crippen LogP contribution in [0.2, 0.25) is 0 Å². The van der Waals surface area contributed by atoms with E-state index in [1.807, 2.05) is 6.92 Å². The smallest absolute Gasteiger partial charge is 0.226 e. The summed E-state index contributed by atoms with van der Waals surface area (Å²) in [4.78, 5) is 12.2. The van der Waals surface area contributed by atoms with Crippen LogP contribution in [0.1, 0.15) is 26.2 Å². The van der Waals surface area contributed by atoms with Gasteiger partial charge in [-0.25, -0.2) is 0 Å². The van der Waals surface area contributed by atoms with Gasteiger partial charge in [-0.2, -0.15) is 0 Å². The molecule has 0 aliphatic carbocycles. The second-order valence-electron chi connectivity index (χ2n) is 4.99. The Morgan fingerprint density at radius 2 is 2.12 bits per heavy atom. The molecule has 1 amide bonds. The average Bonchev–Trinajstić information content (AvgIpc) is 2.77. The van der Waals surface area contributed by atoms with Crippen LogP contribution in [0.3, 0.4) is 0 Å². The third kappa shape index (κ3) is 3.01. The van der Waals surface area contributed by atoms with E-state index in [4.69, 9.17) is 9.47 Å². The molecule has 2 rings (SSSR count). The number of rotatable bonds is 3. The molecule has 5 heteroatoms. The van der Waals surface area contributed by atoms with Crippen molar-refractivity contribution in [2.45, 2.75) is 37.8 Å². The predicted octanol–water partition coefficient (Wildman–Crippen LogP) is 1.47. The molecular weight excluding hydrogens is 286 g/mol. The zero-order chi connectivity index (χ0) is 12.3. The Hall–Kier alpha value is -0.130. The lowest BCUT2D eigenvalue weighted by Crippen LogP contribution is -2.55. The van der Waals surface area contributed by atoms with Gasteiger partial charge in [0.15, 0.2) is 0 Å². The van der Waals surface area contributed by atoms with Crippen LogP contribution in [0, 0.1) is 5.92 Å². The molecule has 2 heterocycles. The van der Waals surface area contributed by atoms with E-state index < -0.39 is 0 Å². The highest BCUT2D eigenvalue weighted by atomic mass is 79.9. The van der Waals surface area contributed by atoms with Gasteiger partial charge in [-0.05, 0) is 26.2 Å².